The third kappa shape index (κ3) is 4.60. The Labute approximate surface area is 194 Å². The van der Waals surface area contributed by atoms with Crippen molar-refractivity contribution < 1.29 is 63.9 Å². The van der Waals surface area contributed by atoms with Gasteiger partial charge in [-0.1, -0.05) is 6.08 Å². The van der Waals surface area contributed by atoms with Crippen molar-refractivity contribution in [2.45, 2.75) is 61.4 Å². The third-order valence-corrected chi connectivity index (χ3v) is 6.62. The van der Waals surface area contributed by atoms with E-state index < -0.39 is 80.1 Å². The number of hydrogen-bond donors (Lipinski definition) is 6. The Bertz CT molecular complexity index is 789. The summed E-state index contributed by atoms with van der Waals surface area (Å²) in [6, 6.07) is 0. The van der Waals surface area contributed by atoms with Crippen molar-refractivity contribution in [2.24, 2.45) is 11.8 Å². The maximum atomic E-state index is 12.0. The maximum absolute atomic E-state index is 12.0. The van der Waals surface area contributed by atoms with Gasteiger partial charge in [0.15, 0.2) is 12.6 Å². The highest BCUT2D eigenvalue weighted by Crippen LogP contribution is 2.38. The van der Waals surface area contributed by atoms with Crippen LogP contribution in [0.15, 0.2) is 24.5 Å². The van der Waals surface area contributed by atoms with E-state index in [0.29, 0.717) is 12.0 Å². The molecule has 4 heterocycles. The molecule has 0 saturated carbocycles. The molecule has 3 saturated heterocycles. The van der Waals surface area contributed by atoms with E-state index in [1.807, 2.05) is 0 Å². The van der Waals surface area contributed by atoms with Gasteiger partial charge in [-0.15, -0.1) is 6.58 Å². The van der Waals surface area contributed by atoms with E-state index in [0.717, 1.165) is 0 Å². The Morgan fingerprint density at radius 2 is 1.91 bits per heavy atom. The number of carbonyl (C=O) groups excluding carboxylic acids is 1. The van der Waals surface area contributed by atoms with Crippen LogP contribution < -0.4 is 0 Å². The molecule has 0 aliphatic carbocycles. The Balaban J connectivity index is 1.41. The van der Waals surface area contributed by atoms with E-state index >= 15 is 0 Å². The highest BCUT2D eigenvalue weighted by molar-refractivity contribution is 5.89. The van der Waals surface area contributed by atoms with Gasteiger partial charge < -0.3 is 59.1 Å². The minimum atomic E-state index is -1.89. The summed E-state index contributed by atoms with van der Waals surface area (Å²) in [6.45, 7) is 2.47. The van der Waals surface area contributed by atoms with Gasteiger partial charge in [0.25, 0.3) is 0 Å². The summed E-state index contributed by atoms with van der Waals surface area (Å²) in [5, 5.41) is 60.4. The monoisotopic (exact) mass is 490 g/mol. The first-order chi connectivity index (χ1) is 16.2. The quantitative estimate of drug-likeness (QED) is 0.155. The molecule has 0 amide bonds. The molecule has 0 aromatic carbocycles. The molecular formula is C21H30O13. The number of aliphatic hydroxyl groups excluding tert-OH is 5. The van der Waals surface area contributed by atoms with E-state index in [2.05, 4.69) is 6.58 Å². The summed E-state index contributed by atoms with van der Waals surface area (Å²) in [6.07, 6.45) is -8.14. The minimum absolute atomic E-state index is 0.227. The van der Waals surface area contributed by atoms with E-state index in [4.69, 9.17) is 28.4 Å². The molecular weight excluding hydrogens is 460 g/mol. The molecule has 4 aliphatic rings. The van der Waals surface area contributed by atoms with Gasteiger partial charge in [-0.25, -0.2) is 4.79 Å². The molecule has 3 fully saturated rings. The number of esters is 1. The summed E-state index contributed by atoms with van der Waals surface area (Å²) >= 11 is 0. The molecule has 11 atom stereocenters. The molecule has 0 bridgehead atoms. The number of cyclic esters (lactones) is 1. The zero-order valence-electron chi connectivity index (χ0n) is 18.2. The van der Waals surface area contributed by atoms with E-state index in [9.17, 15) is 35.4 Å². The predicted molar refractivity (Wildman–Crippen MR) is 107 cm³/mol. The second-order valence-electron chi connectivity index (χ2n) is 8.79. The van der Waals surface area contributed by atoms with Crippen LogP contribution in [-0.2, 0) is 33.2 Å². The molecule has 13 heteroatoms. The topological polar surface area (TPSA) is 194 Å². The number of rotatable bonds is 7. The van der Waals surface area contributed by atoms with Crippen molar-refractivity contribution in [3.05, 3.63) is 24.5 Å². The molecule has 0 aromatic rings. The molecule has 34 heavy (non-hydrogen) atoms. The highest BCUT2D eigenvalue weighted by atomic mass is 16.8. The van der Waals surface area contributed by atoms with Gasteiger partial charge in [0.05, 0.1) is 38.3 Å². The van der Waals surface area contributed by atoms with Crippen molar-refractivity contribution in [2.75, 3.05) is 26.4 Å². The third-order valence-electron chi connectivity index (χ3n) is 6.62. The van der Waals surface area contributed by atoms with Crippen LogP contribution in [0.25, 0.3) is 0 Å². The molecule has 4 aliphatic heterocycles. The van der Waals surface area contributed by atoms with Crippen LogP contribution in [0, 0.1) is 11.8 Å². The molecule has 6 N–H and O–H groups in total. The van der Waals surface area contributed by atoms with Gasteiger partial charge in [0, 0.05) is 11.8 Å². The van der Waals surface area contributed by atoms with Gasteiger partial charge in [-0.2, -0.15) is 0 Å². The van der Waals surface area contributed by atoms with Crippen molar-refractivity contribution >= 4 is 5.97 Å². The number of aliphatic hydroxyl groups is 6. The number of carbonyl (C=O) groups is 1. The average molecular weight is 490 g/mol. The van der Waals surface area contributed by atoms with Crippen LogP contribution in [0.4, 0.5) is 0 Å². The molecule has 0 unspecified atom stereocenters. The van der Waals surface area contributed by atoms with Crippen LogP contribution in [0.2, 0.25) is 0 Å². The zero-order valence-corrected chi connectivity index (χ0v) is 18.2. The summed E-state index contributed by atoms with van der Waals surface area (Å²) in [7, 11) is 0. The fraction of sp³-hybridized carbons (Fsp3) is 0.762. The van der Waals surface area contributed by atoms with Gasteiger partial charge in [0.1, 0.15) is 36.1 Å². The van der Waals surface area contributed by atoms with Gasteiger partial charge >= 0.3 is 5.97 Å². The van der Waals surface area contributed by atoms with Crippen LogP contribution in [0.3, 0.4) is 0 Å². The van der Waals surface area contributed by atoms with E-state index in [-0.39, 0.29) is 19.1 Å². The lowest BCUT2D eigenvalue weighted by molar-refractivity contribution is -0.344. The van der Waals surface area contributed by atoms with Crippen LogP contribution >= 0.6 is 0 Å². The van der Waals surface area contributed by atoms with Gasteiger partial charge in [-0.05, 0) is 6.42 Å². The predicted octanol–water partition coefficient (Wildman–Crippen LogP) is -3.13. The number of fused-ring (bicyclic) bond motifs is 1. The summed E-state index contributed by atoms with van der Waals surface area (Å²) in [4.78, 5) is 12.0. The van der Waals surface area contributed by atoms with Crippen LogP contribution in [-0.4, -0.2) is 118 Å². The average Bonchev–Trinajstić information content (AvgIpc) is 3.12. The molecule has 192 valence electrons. The number of ether oxygens (including phenoxy) is 6. The SMILES string of the molecule is C=C[C@@H]1[C@H](O[C@@H]2O[C@H](CO[C@@H]3OC[C@](O)(CO)[C@H]3O)[C@@H](O)[C@H](O)[C@H]2O)OC=C2C(=O)OCC[C@H]21. The highest BCUT2D eigenvalue weighted by Gasteiger charge is 2.51. The van der Waals surface area contributed by atoms with Crippen LogP contribution in [0.1, 0.15) is 6.42 Å². The van der Waals surface area contributed by atoms with Crippen LogP contribution in [0.5, 0.6) is 0 Å². The van der Waals surface area contributed by atoms with E-state index in [1.165, 1.54) is 6.26 Å². The summed E-state index contributed by atoms with van der Waals surface area (Å²) in [5.74, 6) is -1.25. The molecule has 0 radical (unpaired) electrons. The fourth-order valence-corrected chi connectivity index (χ4v) is 4.45. The van der Waals surface area contributed by atoms with Gasteiger partial charge in [-0.3, -0.25) is 0 Å². The first-order valence-electron chi connectivity index (χ1n) is 10.9. The lowest BCUT2D eigenvalue weighted by Gasteiger charge is -2.44. The van der Waals surface area contributed by atoms with Crippen molar-refractivity contribution in [3.63, 3.8) is 0 Å². The van der Waals surface area contributed by atoms with Crippen molar-refractivity contribution in [1.29, 1.82) is 0 Å². The van der Waals surface area contributed by atoms with Gasteiger partial charge in [0.2, 0.25) is 6.29 Å². The largest absolute Gasteiger partial charge is 0.471 e. The summed E-state index contributed by atoms with van der Waals surface area (Å²) in [5.41, 5.74) is -1.55. The Morgan fingerprint density at radius 1 is 1.15 bits per heavy atom. The standard InChI is InChI=1S/C21H30O13/c1-2-9-10-3-4-29-17(27)11(10)5-30-18(9)34-19-15(25)14(24)13(23)12(33-19)6-31-20-16(26)21(28,7-22)8-32-20/h2,5,9-10,12-16,18-20,22-26,28H,1,3-4,6-8H2/t9-,10-,12+,13+,14-,15+,16-,18-,19-,20+,21+/m0/s1. The first-order valence-corrected chi connectivity index (χ1v) is 10.9. The van der Waals surface area contributed by atoms with Crippen molar-refractivity contribution in [3.8, 4) is 0 Å². The number of hydrogen-bond acceptors (Lipinski definition) is 13. The second kappa shape index (κ2) is 10.1. The lowest BCUT2D eigenvalue weighted by Crippen LogP contribution is -2.60. The normalized spacial score (nSPS) is 46.8. The Kier molecular flexibility index (Phi) is 7.59. The maximum Gasteiger partial charge on any atom is 0.337 e. The lowest BCUT2D eigenvalue weighted by atomic mass is 9.81. The smallest absolute Gasteiger partial charge is 0.337 e. The Morgan fingerprint density at radius 3 is 2.59 bits per heavy atom. The molecule has 0 spiro atoms. The fourth-order valence-electron chi connectivity index (χ4n) is 4.45. The van der Waals surface area contributed by atoms with E-state index in [1.54, 1.807) is 6.08 Å². The molecule has 4 rings (SSSR count). The minimum Gasteiger partial charge on any atom is -0.471 e. The summed E-state index contributed by atoms with van der Waals surface area (Å²) < 4.78 is 32.5. The van der Waals surface area contributed by atoms with Crippen molar-refractivity contribution in [1.82, 2.24) is 0 Å². The molecule has 0 aromatic heterocycles. The zero-order chi connectivity index (χ0) is 24.6. The second-order valence-corrected chi connectivity index (χ2v) is 8.79. The Hall–Kier alpha value is -1.65. The molecule has 13 nitrogen and oxygen atoms in total. The first kappa shape index (κ1) is 25.4.